The third-order valence-corrected chi connectivity index (χ3v) is 5.14. The smallest absolute Gasteiger partial charge is 0.338 e. The van der Waals surface area contributed by atoms with Gasteiger partial charge in [0.1, 0.15) is 16.4 Å². The zero-order valence-electron chi connectivity index (χ0n) is 15.0. The Morgan fingerprint density at radius 3 is 2.15 bits per heavy atom. The Hall–Kier alpha value is -2.91. The highest BCUT2D eigenvalue weighted by atomic mass is 32.2. The molecular formula is C18H19NO7S. The molecule has 0 amide bonds. The van der Waals surface area contributed by atoms with Crippen LogP contribution in [-0.4, -0.2) is 48.0 Å². The van der Waals surface area contributed by atoms with Crippen LogP contribution >= 0.6 is 0 Å². The Labute approximate surface area is 157 Å². The summed E-state index contributed by atoms with van der Waals surface area (Å²) < 4.78 is 41.3. The van der Waals surface area contributed by atoms with E-state index in [0.717, 1.165) is 6.07 Å². The first-order valence-electron chi connectivity index (χ1n) is 7.78. The number of hydrogen-bond acceptors (Lipinski definition) is 7. The van der Waals surface area contributed by atoms with Crippen molar-refractivity contribution in [1.82, 2.24) is 4.72 Å². The van der Waals surface area contributed by atoms with E-state index in [1.807, 2.05) is 0 Å². The maximum absolute atomic E-state index is 12.2. The third-order valence-electron chi connectivity index (χ3n) is 3.70. The van der Waals surface area contributed by atoms with Crippen molar-refractivity contribution in [3.8, 4) is 11.5 Å². The third kappa shape index (κ3) is 4.83. The van der Waals surface area contributed by atoms with Gasteiger partial charge < -0.3 is 14.2 Å². The largest absolute Gasteiger partial charge is 0.497 e. The fraction of sp³-hybridized carbons (Fsp3) is 0.222. The van der Waals surface area contributed by atoms with E-state index < -0.39 is 28.4 Å². The van der Waals surface area contributed by atoms with Crippen molar-refractivity contribution in [1.29, 1.82) is 0 Å². The summed E-state index contributed by atoms with van der Waals surface area (Å²) in [5, 5.41) is 0. The summed E-state index contributed by atoms with van der Waals surface area (Å²) in [6.45, 7) is -0.481. The number of rotatable bonds is 8. The average Bonchev–Trinajstić information content (AvgIpc) is 2.71. The number of carbonyl (C=O) groups excluding carboxylic acids is 2. The molecule has 0 spiro atoms. The van der Waals surface area contributed by atoms with E-state index in [1.54, 1.807) is 24.3 Å². The zero-order chi connectivity index (χ0) is 20.0. The molecule has 27 heavy (non-hydrogen) atoms. The number of sulfonamides is 1. The predicted molar refractivity (Wildman–Crippen MR) is 96.8 cm³/mol. The molecule has 8 nitrogen and oxygen atoms in total. The quantitative estimate of drug-likeness (QED) is 0.537. The molecule has 0 bridgehead atoms. The summed E-state index contributed by atoms with van der Waals surface area (Å²) in [5.41, 5.74) is 0.337. The molecule has 0 saturated carbocycles. The molecular weight excluding hydrogens is 374 g/mol. The first-order chi connectivity index (χ1) is 12.8. The van der Waals surface area contributed by atoms with E-state index in [-0.39, 0.29) is 16.2 Å². The maximum Gasteiger partial charge on any atom is 0.338 e. The minimum absolute atomic E-state index is 0.0212. The number of Topliss-reactive ketones (excluding diaryl/α,β-unsaturated/α-hetero) is 1. The summed E-state index contributed by atoms with van der Waals surface area (Å²) in [7, 11) is 0.229. The van der Waals surface area contributed by atoms with Gasteiger partial charge in [0.2, 0.25) is 10.0 Å². The molecule has 0 saturated heterocycles. The second-order valence-corrected chi connectivity index (χ2v) is 7.16. The zero-order valence-corrected chi connectivity index (χ0v) is 15.8. The molecule has 2 rings (SSSR count). The molecule has 0 aromatic heterocycles. The van der Waals surface area contributed by atoms with Crippen LogP contribution in [0.25, 0.3) is 0 Å². The predicted octanol–water partition coefficient (Wildman–Crippen LogP) is 1.65. The van der Waals surface area contributed by atoms with Crippen molar-refractivity contribution in [3.05, 3.63) is 53.6 Å². The summed E-state index contributed by atoms with van der Waals surface area (Å²) in [6, 6.07) is 10.2. The van der Waals surface area contributed by atoms with E-state index in [2.05, 4.69) is 4.72 Å². The lowest BCUT2D eigenvalue weighted by Crippen LogP contribution is -2.20. The molecule has 2 aromatic carbocycles. The van der Waals surface area contributed by atoms with Gasteiger partial charge in [0.05, 0.1) is 19.8 Å². The van der Waals surface area contributed by atoms with Crippen LogP contribution in [0.4, 0.5) is 0 Å². The van der Waals surface area contributed by atoms with E-state index in [1.165, 1.54) is 33.4 Å². The average molecular weight is 393 g/mol. The van der Waals surface area contributed by atoms with Crippen molar-refractivity contribution < 1.29 is 32.2 Å². The second kappa shape index (κ2) is 8.65. The molecule has 0 atom stereocenters. The highest BCUT2D eigenvalue weighted by Crippen LogP contribution is 2.25. The molecule has 0 aliphatic heterocycles. The maximum atomic E-state index is 12.2. The minimum Gasteiger partial charge on any atom is -0.497 e. The number of ketones is 1. The highest BCUT2D eigenvalue weighted by Gasteiger charge is 2.21. The molecule has 0 radical (unpaired) electrons. The van der Waals surface area contributed by atoms with Crippen LogP contribution in [0.5, 0.6) is 11.5 Å². The number of methoxy groups -OCH3 is 2. The van der Waals surface area contributed by atoms with Crippen LogP contribution in [0.3, 0.4) is 0 Å². The van der Waals surface area contributed by atoms with Gasteiger partial charge in [0, 0.05) is 5.56 Å². The summed E-state index contributed by atoms with van der Waals surface area (Å²) in [6.07, 6.45) is 0. The van der Waals surface area contributed by atoms with Gasteiger partial charge in [-0.15, -0.1) is 0 Å². The van der Waals surface area contributed by atoms with Gasteiger partial charge in [0.15, 0.2) is 12.4 Å². The van der Waals surface area contributed by atoms with Gasteiger partial charge in [-0.1, -0.05) is 0 Å². The first-order valence-corrected chi connectivity index (χ1v) is 9.26. The summed E-state index contributed by atoms with van der Waals surface area (Å²) >= 11 is 0. The summed E-state index contributed by atoms with van der Waals surface area (Å²) in [4.78, 5) is 24.1. The Balaban J connectivity index is 2.13. The monoisotopic (exact) mass is 393 g/mol. The fourth-order valence-corrected chi connectivity index (χ4v) is 3.12. The Morgan fingerprint density at radius 1 is 0.963 bits per heavy atom. The van der Waals surface area contributed by atoms with Crippen LogP contribution in [0.2, 0.25) is 0 Å². The fourth-order valence-electron chi connectivity index (χ4n) is 2.20. The molecule has 0 aliphatic rings. The van der Waals surface area contributed by atoms with Gasteiger partial charge in [-0.3, -0.25) is 4.79 Å². The van der Waals surface area contributed by atoms with Crippen molar-refractivity contribution in [3.63, 3.8) is 0 Å². The standard InChI is InChI=1S/C18H19NO7S/c1-19-27(22,23)17-10-13(6-9-16(17)25-3)18(21)26-11-15(20)12-4-7-14(24-2)8-5-12/h4-10,19H,11H2,1-3H3. The molecule has 144 valence electrons. The van der Waals surface area contributed by atoms with Gasteiger partial charge in [-0.05, 0) is 49.5 Å². The van der Waals surface area contributed by atoms with Crippen molar-refractivity contribution in [2.75, 3.05) is 27.9 Å². The Kier molecular flexibility index (Phi) is 6.54. The van der Waals surface area contributed by atoms with E-state index in [4.69, 9.17) is 14.2 Å². The number of nitrogens with one attached hydrogen (secondary N) is 1. The van der Waals surface area contributed by atoms with E-state index in [9.17, 15) is 18.0 Å². The van der Waals surface area contributed by atoms with Gasteiger partial charge in [0.25, 0.3) is 0 Å². The highest BCUT2D eigenvalue weighted by molar-refractivity contribution is 7.89. The first kappa shape index (κ1) is 20.4. The number of hydrogen-bond donors (Lipinski definition) is 1. The number of esters is 1. The van der Waals surface area contributed by atoms with Crippen LogP contribution < -0.4 is 14.2 Å². The van der Waals surface area contributed by atoms with Crippen molar-refractivity contribution in [2.24, 2.45) is 0 Å². The molecule has 1 N–H and O–H groups in total. The van der Waals surface area contributed by atoms with Crippen molar-refractivity contribution in [2.45, 2.75) is 4.90 Å². The summed E-state index contributed by atoms with van der Waals surface area (Å²) in [5.74, 6) is -0.551. The number of carbonyl (C=O) groups is 2. The molecule has 9 heteroatoms. The van der Waals surface area contributed by atoms with Gasteiger partial charge in [-0.25, -0.2) is 17.9 Å². The lowest BCUT2D eigenvalue weighted by atomic mass is 10.1. The molecule has 2 aromatic rings. The van der Waals surface area contributed by atoms with E-state index in [0.29, 0.717) is 11.3 Å². The van der Waals surface area contributed by atoms with Gasteiger partial charge >= 0.3 is 5.97 Å². The lowest BCUT2D eigenvalue weighted by Gasteiger charge is -2.11. The number of ether oxygens (including phenoxy) is 3. The van der Waals surface area contributed by atoms with E-state index >= 15 is 0 Å². The molecule has 0 fully saturated rings. The molecule has 0 heterocycles. The van der Waals surface area contributed by atoms with Crippen LogP contribution in [0, 0.1) is 0 Å². The normalized spacial score (nSPS) is 10.9. The SMILES string of the molecule is CNS(=O)(=O)c1cc(C(=O)OCC(=O)c2ccc(OC)cc2)ccc1OC. The Morgan fingerprint density at radius 2 is 1.59 bits per heavy atom. The Bertz CT molecular complexity index is 937. The van der Waals surface area contributed by atoms with Crippen molar-refractivity contribution >= 4 is 21.8 Å². The second-order valence-electron chi connectivity index (χ2n) is 5.30. The van der Waals surface area contributed by atoms with Gasteiger partial charge in [-0.2, -0.15) is 0 Å². The van der Waals surface area contributed by atoms with Crippen LogP contribution in [-0.2, 0) is 14.8 Å². The topological polar surface area (TPSA) is 108 Å². The lowest BCUT2D eigenvalue weighted by molar-refractivity contribution is 0.0474. The molecule has 0 unspecified atom stereocenters. The van der Waals surface area contributed by atoms with Crippen LogP contribution in [0.1, 0.15) is 20.7 Å². The number of benzene rings is 2. The minimum atomic E-state index is -3.84. The van der Waals surface area contributed by atoms with Crippen LogP contribution in [0.15, 0.2) is 47.4 Å². The molecule has 0 aliphatic carbocycles.